The normalized spacial score (nSPS) is 18.8. The summed E-state index contributed by atoms with van der Waals surface area (Å²) in [7, 11) is 0. The number of aliphatic carboxylic acids is 1. The van der Waals surface area contributed by atoms with Gasteiger partial charge in [0, 0.05) is 32.5 Å². The Hall–Kier alpha value is -0.870. The molecule has 4 heteroatoms. The fourth-order valence-electron chi connectivity index (χ4n) is 1.37. The van der Waals surface area contributed by atoms with Gasteiger partial charge >= 0.3 is 5.97 Å². The Morgan fingerprint density at radius 2 is 1.18 bits per heavy atom. The van der Waals surface area contributed by atoms with Crippen LogP contribution in [0.3, 0.4) is 0 Å². The Morgan fingerprint density at radius 1 is 0.882 bits per heavy atom. The zero-order valence-corrected chi connectivity index (χ0v) is 10.5. The van der Waals surface area contributed by atoms with Crippen molar-refractivity contribution in [3.05, 3.63) is 12.7 Å². The topological polar surface area (TPSA) is 55.8 Å². The molecule has 2 fully saturated rings. The molecular formula is C13H24O4. The molecule has 100 valence electrons. The first-order valence-corrected chi connectivity index (χ1v) is 6.28. The summed E-state index contributed by atoms with van der Waals surface area (Å²) >= 11 is 0. The third kappa shape index (κ3) is 15.1. The molecule has 0 atom stereocenters. The third-order valence-electron chi connectivity index (χ3n) is 2.33. The van der Waals surface area contributed by atoms with Crippen molar-refractivity contribution in [2.45, 2.75) is 38.5 Å². The summed E-state index contributed by atoms with van der Waals surface area (Å²) in [5.41, 5.74) is 0. The lowest BCUT2D eigenvalue weighted by molar-refractivity contribution is -0.131. The van der Waals surface area contributed by atoms with Crippen molar-refractivity contribution in [2.24, 2.45) is 0 Å². The minimum absolute atomic E-state index is 0.833. The van der Waals surface area contributed by atoms with Gasteiger partial charge in [0.1, 0.15) is 0 Å². The minimum atomic E-state index is -0.981. The van der Waals surface area contributed by atoms with Crippen molar-refractivity contribution in [1.29, 1.82) is 0 Å². The van der Waals surface area contributed by atoms with Crippen LogP contribution in [-0.2, 0) is 14.3 Å². The Labute approximate surface area is 104 Å². The van der Waals surface area contributed by atoms with E-state index in [2.05, 4.69) is 6.58 Å². The summed E-state index contributed by atoms with van der Waals surface area (Å²) in [5.74, 6) is -0.981. The first kappa shape index (κ1) is 16.1. The molecule has 2 heterocycles. The first-order valence-electron chi connectivity index (χ1n) is 6.28. The van der Waals surface area contributed by atoms with Gasteiger partial charge in [-0.1, -0.05) is 6.58 Å². The molecule has 0 bridgehead atoms. The second kappa shape index (κ2) is 13.2. The highest BCUT2D eigenvalue weighted by Crippen LogP contribution is 2.02. The second-order valence-electron chi connectivity index (χ2n) is 3.89. The lowest BCUT2D eigenvalue weighted by Crippen LogP contribution is -2.03. The van der Waals surface area contributed by atoms with Crippen LogP contribution in [-0.4, -0.2) is 37.5 Å². The molecule has 0 aromatic rings. The molecule has 2 rings (SSSR count). The molecule has 0 unspecified atom stereocenters. The van der Waals surface area contributed by atoms with Gasteiger partial charge in [0.25, 0.3) is 0 Å². The molecule has 1 N–H and O–H groups in total. The monoisotopic (exact) mass is 244 g/mol. The van der Waals surface area contributed by atoms with Crippen LogP contribution in [0.15, 0.2) is 12.7 Å². The van der Waals surface area contributed by atoms with E-state index >= 15 is 0 Å². The molecule has 0 aromatic heterocycles. The number of carboxylic acids is 1. The molecular weight excluding hydrogens is 220 g/mol. The molecule has 0 amide bonds. The van der Waals surface area contributed by atoms with E-state index in [1.807, 2.05) is 0 Å². The van der Waals surface area contributed by atoms with Crippen molar-refractivity contribution in [3.63, 3.8) is 0 Å². The van der Waals surface area contributed by atoms with Gasteiger partial charge in [-0.3, -0.25) is 0 Å². The molecule has 0 radical (unpaired) electrons. The quantitative estimate of drug-likeness (QED) is 0.720. The Bertz CT molecular complexity index is 149. The zero-order valence-electron chi connectivity index (χ0n) is 10.5. The molecule has 0 aromatic carbocycles. The van der Waals surface area contributed by atoms with Gasteiger partial charge in [0.15, 0.2) is 0 Å². The van der Waals surface area contributed by atoms with E-state index in [9.17, 15) is 4.79 Å². The maximum Gasteiger partial charge on any atom is 0.327 e. The van der Waals surface area contributed by atoms with Crippen LogP contribution in [0.5, 0.6) is 0 Å². The molecule has 0 saturated carbocycles. The number of rotatable bonds is 1. The van der Waals surface area contributed by atoms with E-state index in [0.29, 0.717) is 0 Å². The Kier molecular flexibility index (Phi) is 12.5. The third-order valence-corrected chi connectivity index (χ3v) is 2.33. The highest BCUT2D eigenvalue weighted by atomic mass is 16.5. The maximum atomic E-state index is 9.25. The van der Waals surface area contributed by atoms with E-state index in [0.717, 1.165) is 32.5 Å². The molecule has 17 heavy (non-hydrogen) atoms. The average Bonchev–Trinajstić information content (AvgIpc) is 2.44. The Balaban J connectivity index is 0.000000228. The fourth-order valence-corrected chi connectivity index (χ4v) is 1.37. The summed E-state index contributed by atoms with van der Waals surface area (Å²) in [6, 6.07) is 0. The predicted octanol–water partition coefficient (Wildman–Crippen LogP) is 2.63. The van der Waals surface area contributed by atoms with Crippen LogP contribution < -0.4 is 0 Å². The molecule has 0 aliphatic carbocycles. The van der Waals surface area contributed by atoms with Crippen LogP contribution in [0.4, 0.5) is 0 Å². The van der Waals surface area contributed by atoms with Crippen LogP contribution in [0.2, 0.25) is 0 Å². The average molecular weight is 244 g/mol. The van der Waals surface area contributed by atoms with Gasteiger partial charge in [-0.15, -0.1) is 0 Å². The molecule has 2 aliphatic rings. The lowest BCUT2D eigenvalue weighted by Gasteiger charge is -2.08. The summed E-state index contributed by atoms with van der Waals surface area (Å²) in [5, 5.41) is 7.60. The van der Waals surface area contributed by atoms with Crippen LogP contribution in [0.1, 0.15) is 38.5 Å². The first-order chi connectivity index (χ1) is 8.27. The maximum absolute atomic E-state index is 9.25. The number of carbonyl (C=O) groups is 1. The van der Waals surface area contributed by atoms with Crippen molar-refractivity contribution in [3.8, 4) is 0 Å². The van der Waals surface area contributed by atoms with E-state index in [-0.39, 0.29) is 0 Å². The number of carboxylic acid groups (broad SMARTS) is 1. The van der Waals surface area contributed by atoms with Gasteiger partial charge in [-0.2, -0.15) is 0 Å². The predicted molar refractivity (Wildman–Crippen MR) is 67.2 cm³/mol. The summed E-state index contributed by atoms with van der Waals surface area (Å²) in [6.07, 6.45) is 8.69. The van der Waals surface area contributed by atoms with Gasteiger partial charge < -0.3 is 14.6 Å². The number of hydrogen-bond donors (Lipinski definition) is 1. The van der Waals surface area contributed by atoms with Crippen molar-refractivity contribution in [2.75, 3.05) is 26.4 Å². The minimum Gasteiger partial charge on any atom is -0.478 e. The van der Waals surface area contributed by atoms with Gasteiger partial charge in [-0.05, 0) is 38.5 Å². The largest absolute Gasteiger partial charge is 0.478 e. The summed E-state index contributed by atoms with van der Waals surface area (Å²) in [4.78, 5) is 9.25. The zero-order chi connectivity index (χ0) is 12.8. The van der Waals surface area contributed by atoms with Gasteiger partial charge in [0.2, 0.25) is 0 Å². The van der Waals surface area contributed by atoms with E-state index in [1.54, 1.807) is 0 Å². The van der Waals surface area contributed by atoms with Gasteiger partial charge in [0.05, 0.1) is 0 Å². The highest BCUT2D eigenvalue weighted by Gasteiger charge is 1.95. The van der Waals surface area contributed by atoms with Crippen LogP contribution in [0.25, 0.3) is 0 Å². The van der Waals surface area contributed by atoms with E-state index in [4.69, 9.17) is 14.6 Å². The summed E-state index contributed by atoms with van der Waals surface area (Å²) in [6.45, 7) is 6.96. The number of hydrogen-bond acceptors (Lipinski definition) is 3. The van der Waals surface area contributed by atoms with E-state index < -0.39 is 5.97 Å². The highest BCUT2D eigenvalue weighted by molar-refractivity contribution is 5.78. The molecule has 4 nitrogen and oxygen atoms in total. The van der Waals surface area contributed by atoms with Crippen LogP contribution >= 0.6 is 0 Å². The van der Waals surface area contributed by atoms with Crippen LogP contribution in [0, 0.1) is 0 Å². The van der Waals surface area contributed by atoms with Crippen molar-refractivity contribution >= 4 is 5.97 Å². The Morgan fingerprint density at radius 3 is 1.24 bits per heavy atom. The van der Waals surface area contributed by atoms with Crippen molar-refractivity contribution in [1.82, 2.24) is 0 Å². The van der Waals surface area contributed by atoms with Gasteiger partial charge in [-0.25, -0.2) is 4.79 Å². The molecule has 2 saturated heterocycles. The lowest BCUT2D eigenvalue weighted by atomic mass is 10.2. The molecule has 2 aliphatic heterocycles. The molecule has 0 spiro atoms. The summed E-state index contributed by atoms with van der Waals surface area (Å²) < 4.78 is 10.1. The smallest absolute Gasteiger partial charge is 0.327 e. The SMILES string of the molecule is C1CCOCC1.C1CCOCC1.C=CC(=O)O. The second-order valence-corrected chi connectivity index (χ2v) is 3.89. The van der Waals surface area contributed by atoms with E-state index in [1.165, 1.54) is 38.5 Å². The van der Waals surface area contributed by atoms with Crippen molar-refractivity contribution < 1.29 is 19.4 Å². The standard InChI is InChI=1S/2C5H10O.C3H4O2/c2*1-2-4-6-5-3-1;1-2-3(4)5/h2*1-5H2;2H,1H2,(H,4,5). The number of ether oxygens (including phenoxy) is 2. The fraction of sp³-hybridized carbons (Fsp3) is 0.769.